The predicted molar refractivity (Wildman–Crippen MR) is 98.3 cm³/mol. The SMILES string of the molecule is CCC(C)NC(=O)c1cncc(C(=O)Nc2ccc(Br)c(C)c2)c1. The molecule has 1 unspecified atom stereocenters. The third kappa shape index (κ3) is 4.64. The van der Waals surface area contributed by atoms with E-state index >= 15 is 0 Å². The molecule has 126 valence electrons. The minimum atomic E-state index is -0.303. The number of pyridine rings is 1. The zero-order valence-electron chi connectivity index (χ0n) is 13.9. The van der Waals surface area contributed by atoms with E-state index in [-0.39, 0.29) is 17.9 Å². The van der Waals surface area contributed by atoms with Gasteiger partial charge in [0, 0.05) is 28.6 Å². The fraction of sp³-hybridized carbons (Fsp3) is 0.278. The van der Waals surface area contributed by atoms with Gasteiger partial charge in [-0.2, -0.15) is 0 Å². The molecule has 24 heavy (non-hydrogen) atoms. The van der Waals surface area contributed by atoms with Crippen molar-refractivity contribution in [2.75, 3.05) is 5.32 Å². The van der Waals surface area contributed by atoms with E-state index in [1.54, 1.807) is 6.07 Å². The number of carbonyl (C=O) groups is 2. The quantitative estimate of drug-likeness (QED) is 0.813. The van der Waals surface area contributed by atoms with Gasteiger partial charge in [0.2, 0.25) is 0 Å². The summed E-state index contributed by atoms with van der Waals surface area (Å²) in [5.41, 5.74) is 2.42. The molecule has 1 atom stereocenters. The van der Waals surface area contributed by atoms with E-state index in [2.05, 4.69) is 31.5 Å². The van der Waals surface area contributed by atoms with E-state index < -0.39 is 0 Å². The van der Waals surface area contributed by atoms with Crippen LogP contribution in [0.15, 0.2) is 41.1 Å². The Morgan fingerprint density at radius 2 is 1.83 bits per heavy atom. The van der Waals surface area contributed by atoms with E-state index in [9.17, 15) is 9.59 Å². The summed E-state index contributed by atoms with van der Waals surface area (Å²) in [5, 5.41) is 5.67. The molecular weight excluding hydrogens is 370 g/mol. The fourth-order valence-electron chi connectivity index (χ4n) is 2.02. The predicted octanol–water partition coefficient (Wildman–Crippen LogP) is 3.93. The van der Waals surface area contributed by atoms with Gasteiger partial charge in [0.1, 0.15) is 0 Å². The normalized spacial score (nSPS) is 11.7. The van der Waals surface area contributed by atoms with E-state index in [0.717, 1.165) is 16.5 Å². The standard InChI is InChI=1S/C18H20BrN3O2/c1-4-12(3)21-17(23)13-8-14(10-20-9-13)18(24)22-15-5-6-16(19)11(2)7-15/h5-10,12H,4H2,1-3H3,(H,21,23)(H,22,24). The Bertz CT molecular complexity index is 762. The van der Waals surface area contributed by atoms with Gasteiger partial charge >= 0.3 is 0 Å². The second-order valence-electron chi connectivity index (χ2n) is 5.66. The van der Waals surface area contributed by atoms with Gasteiger partial charge in [0.25, 0.3) is 11.8 Å². The number of amides is 2. The van der Waals surface area contributed by atoms with Crippen LogP contribution in [0.3, 0.4) is 0 Å². The zero-order chi connectivity index (χ0) is 17.7. The number of nitrogens with one attached hydrogen (secondary N) is 2. The molecule has 5 nitrogen and oxygen atoms in total. The fourth-order valence-corrected chi connectivity index (χ4v) is 2.27. The molecule has 0 saturated heterocycles. The van der Waals surface area contributed by atoms with Crippen LogP contribution in [0.5, 0.6) is 0 Å². The van der Waals surface area contributed by atoms with Gasteiger partial charge < -0.3 is 10.6 Å². The molecule has 1 aromatic heterocycles. The lowest BCUT2D eigenvalue weighted by molar-refractivity contribution is 0.0939. The summed E-state index contributed by atoms with van der Waals surface area (Å²) >= 11 is 3.42. The number of benzene rings is 1. The molecule has 0 radical (unpaired) electrons. The molecule has 0 bridgehead atoms. The van der Waals surface area contributed by atoms with Crippen LogP contribution in [0, 0.1) is 6.92 Å². The summed E-state index contributed by atoms with van der Waals surface area (Å²) in [4.78, 5) is 28.5. The maximum absolute atomic E-state index is 12.4. The van der Waals surface area contributed by atoms with Gasteiger partial charge in [0.15, 0.2) is 0 Å². The molecule has 1 heterocycles. The van der Waals surface area contributed by atoms with Crippen molar-refractivity contribution >= 4 is 33.4 Å². The van der Waals surface area contributed by atoms with Gasteiger partial charge in [-0.05, 0) is 50.1 Å². The number of hydrogen-bond donors (Lipinski definition) is 2. The molecule has 2 rings (SSSR count). The second-order valence-corrected chi connectivity index (χ2v) is 6.52. The average molecular weight is 390 g/mol. The first-order chi connectivity index (χ1) is 11.4. The van der Waals surface area contributed by atoms with E-state index in [4.69, 9.17) is 0 Å². The molecule has 2 amide bonds. The van der Waals surface area contributed by atoms with Crippen LogP contribution in [0.25, 0.3) is 0 Å². The van der Waals surface area contributed by atoms with Crippen molar-refractivity contribution in [3.8, 4) is 0 Å². The number of hydrogen-bond acceptors (Lipinski definition) is 3. The molecule has 0 spiro atoms. The van der Waals surface area contributed by atoms with Gasteiger partial charge in [-0.15, -0.1) is 0 Å². The first-order valence-corrected chi connectivity index (χ1v) is 8.53. The van der Waals surface area contributed by atoms with Crippen LogP contribution in [-0.2, 0) is 0 Å². The molecule has 2 N–H and O–H groups in total. The molecule has 2 aromatic rings. The smallest absolute Gasteiger partial charge is 0.257 e. The monoisotopic (exact) mass is 389 g/mol. The van der Waals surface area contributed by atoms with E-state index in [1.165, 1.54) is 12.4 Å². The first kappa shape index (κ1) is 18.1. The number of anilines is 1. The highest BCUT2D eigenvalue weighted by Crippen LogP contribution is 2.20. The number of halogens is 1. The number of carbonyl (C=O) groups excluding carboxylic acids is 2. The highest BCUT2D eigenvalue weighted by Gasteiger charge is 2.13. The van der Waals surface area contributed by atoms with Gasteiger partial charge in [0.05, 0.1) is 11.1 Å². The topological polar surface area (TPSA) is 71.1 Å². The van der Waals surface area contributed by atoms with Crippen molar-refractivity contribution in [1.29, 1.82) is 0 Å². The summed E-state index contributed by atoms with van der Waals surface area (Å²) in [6.07, 6.45) is 3.74. The highest BCUT2D eigenvalue weighted by molar-refractivity contribution is 9.10. The molecule has 1 aromatic carbocycles. The minimum Gasteiger partial charge on any atom is -0.350 e. The largest absolute Gasteiger partial charge is 0.350 e. The third-order valence-corrected chi connectivity index (χ3v) is 4.56. The Labute approximate surface area is 150 Å². The Hall–Kier alpha value is -2.21. The van der Waals surface area contributed by atoms with Crippen molar-refractivity contribution in [2.45, 2.75) is 33.2 Å². The van der Waals surface area contributed by atoms with Crippen LogP contribution in [0.4, 0.5) is 5.69 Å². The first-order valence-electron chi connectivity index (χ1n) is 7.74. The van der Waals surface area contributed by atoms with Crippen LogP contribution in [0.1, 0.15) is 46.5 Å². The molecule has 0 saturated carbocycles. The molecule has 0 aliphatic rings. The maximum Gasteiger partial charge on any atom is 0.257 e. The Morgan fingerprint density at radius 3 is 2.46 bits per heavy atom. The van der Waals surface area contributed by atoms with E-state index in [1.807, 2.05) is 39.0 Å². The maximum atomic E-state index is 12.4. The molecule has 6 heteroatoms. The van der Waals surface area contributed by atoms with Crippen LogP contribution >= 0.6 is 15.9 Å². The van der Waals surface area contributed by atoms with Crippen molar-refractivity contribution in [3.63, 3.8) is 0 Å². The lowest BCUT2D eigenvalue weighted by Crippen LogP contribution is -2.32. The van der Waals surface area contributed by atoms with Crippen molar-refractivity contribution < 1.29 is 9.59 Å². The molecule has 0 fully saturated rings. The van der Waals surface area contributed by atoms with E-state index in [0.29, 0.717) is 16.8 Å². The van der Waals surface area contributed by atoms with Crippen LogP contribution in [0.2, 0.25) is 0 Å². The summed E-state index contributed by atoms with van der Waals surface area (Å²) in [6.45, 7) is 5.87. The number of rotatable bonds is 5. The average Bonchev–Trinajstić information content (AvgIpc) is 2.58. The second kappa shape index (κ2) is 8.06. The minimum absolute atomic E-state index is 0.0701. The summed E-state index contributed by atoms with van der Waals surface area (Å²) in [7, 11) is 0. The lowest BCUT2D eigenvalue weighted by Gasteiger charge is -2.12. The zero-order valence-corrected chi connectivity index (χ0v) is 15.5. The highest BCUT2D eigenvalue weighted by atomic mass is 79.9. The van der Waals surface area contributed by atoms with Crippen molar-refractivity contribution in [2.24, 2.45) is 0 Å². The Kier molecular flexibility index (Phi) is 6.09. The van der Waals surface area contributed by atoms with Gasteiger partial charge in [-0.3, -0.25) is 14.6 Å². The van der Waals surface area contributed by atoms with Gasteiger partial charge in [-0.25, -0.2) is 0 Å². The van der Waals surface area contributed by atoms with Crippen LogP contribution < -0.4 is 10.6 Å². The molecule has 0 aliphatic heterocycles. The molecule has 0 aliphatic carbocycles. The Morgan fingerprint density at radius 1 is 1.17 bits per heavy atom. The van der Waals surface area contributed by atoms with Crippen molar-refractivity contribution in [3.05, 3.63) is 57.8 Å². The Balaban J connectivity index is 2.13. The van der Waals surface area contributed by atoms with Crippen LogP contribution in [-0.4, -0.2) is 22.8 Å². The number of nitrogens with zero attached hydrogens (tertiary/aromatic N) is 1. The summed E-state index contributed by atoms with van der Waals surface area (Å²) < 4.78 is 0.978. The van der Waals surface area contributed by atoms with Gasteiger partial charge in [-0.1, -0.05) is 22.9 Å². The van der Waals surface area contributed by atoms with Crippen molar-refractivity contribution in [1.82, 2.24) is 10.3 Å². The summed E-state index contributed by atoms with van der Waals surface area (Å²) in [5.74, 6) is -0.534. The third-order valence-electron chi connectivity index (χ3n) is 3.67. The summed E-state index contributed by atoms with van der Waals surface area (Å²) in [6, 6.07) is 7.17. The molecular formula is C18H20BrN3O2. The number of aryl methyl sites for hydroxylation is 1. The lowest BCUT2D eigenvalue weighted by atomic mass is 10.1. The number of aromatic nitrogens is 1.